The van der Waals surface area contributed by atoms with E-state index in [1.54, 1.807) is 0 Å². The zero-order chi connectivity index (χ0) is 15.4. The van der Waals surface area contributed by atoms with E-state index in [1.807, 2.05) is 0 Å². The molecule has 0 spiro atoms. The average Bonchev–Trinajstić information content (AvgIpc) is 2.37. The van der Waals surface area contributed by atoms with Crippen LogP contribution >= 0.6 is 0 Å². The normalized spacial score (nSPS) is 11.7. The summed E-state index contributed by atoms with van der Waals surface area (Å²) in [5, 5.41) is 16.0. The Balaban J connectivity index is 3.84. The van der Waals surface area contributed by atoms with Crippen LogP contribution < -0.4 is 27.2 Å². The zero-order valence-electron chi connectivity index (χ0n) is 11.8. The predicted molar refractivity (Wildman–Crippen MR) is 68.5 cm³/mol. The van der Waals surface area contributed by atoms with Crippen LogP contribution in [0.5, 0.6) is 0 Å². The van der Waals surface area contributed by atoms with Crippen molar-refractivity contribution < 1.29 is 31.0 Å². The van der Waals surface area contributed by atoms with Gasteiger partial charge in [-0.3, -0.25) is 9.59 Å². The van der Waals surface area contributed by atoms with Crippen molar-refractivity contribution >= 4 is 17.8 Å². The number of quaternary nitrogens is 2. The minimum absolute atomic E-state index is 0.0554. The highest BCUT2D eigenvalue weighted by molar-refractivity contribution is 5.82. The van der Waals surface area contributed by atoms with E-state index < -0.39 is 12.0 Å². The lowest BCUT2D eigenvalue weighted by atomic mass is 10.1. The fraction of sp³-hybridized carbons (Fsp3) is 0.750. The number of hydrogen-bond acceptors (Lipinski definition) is 4. The van der Waals surface area contributed by atoms with Crippen LogP contribution in [-0.2, 0) is 14.4 Å². The summed E-state index contributed by atoms with van der Waals surface area (Å²) in [5.41, 5.74) is 7.10. The molecule has 0 aliphatic carbocycles. The molecule has 8 N–H and O–H groups in total. The maximum atomic E-state index is 11.3. The van der Waals surface area contributed by atoms with Gasteiger partial charge in [-0.15, -0.1) is 0 Å². The lowest BCUT2D eigenvalue weighted by molar-refractivity contribution is -0.366. The van der Waals surface area contributed by atoms with Crippen molar-refractivity contribution in [3.8, 4) is 0 Å². The molecule has 0 heterocycles. The highest BCUT2D eigenvalue weighted by atomic mass is 16.4. The molecule has 0 unspecified atom stereocenters. The number of carboxylic acids is 1. The molecular formula is C12H25N4O4+. The van der Waals surface area contributed by atoms with E-state index in [4.69, 9.17) is 0 Å². The molecule has 0 aromatic heterocycles. The Kier molecular flexibility index (Phi) is 10.2. The van der Waals surface area contributed by atoms with Gasteiger partial charge in [0, 0.05) is 6.54 Å². The second-order valence-corrected chi connectivity index (χ2v) is 4.49. The van der Waals surface area contributed by atoms with Gasteiger partial charge in [-0.1, -0.05) is 0 Å². The monoisotopic (exact) mass is 289 g/mol. The Morgan fingerprint density at radius 3 is 2.15 bits per heavy atom. The molecule has 0 aromatic rings. The fourth-order valence-corrected chi connectivity index (χ4v) is 1.63. The molecule has 8 heteroatoms. The molecule has 0 aliphatic heterocycles. The van der Waals surface area contributed by atoms with Crippen LogP contribution in [0.15, 0.2) is 0 Å². The van der Waals surface area contributed by atoms with Gasteiger partial charge in [0.1, 0.15) is 0 Å². The molecule has 116 valence electrons. The lowest BCUT2D eigenvalue weighted by Crippen LogP contribution is -2.54. The van der Waals surface area contributed by atoms with Crippen molar-refractivity contribution in [3.05, 3.63) is 0 Å². The number of carbonyl (C=O) groups excluding carboxylic acids is 3. The summed E-state index contributed by atoms with van der Waals surface area (Å²) in [5.74, 6) is -1.68. The van der Waals surface area contributed by atoms with Crippen LogP contribution in [-0.4, -0.2) is 43.5 Å². The molecule has 0 aromatic carbocycles. The van der Waals surface area contributed by atoms with E-state index in [1.165, 1.54) is 0 Å². The van der Waals surface area contributed by atoms with Crippen LogP contribution in [0.3, 0.4) is 0 Å². The summed E-state index contributed by atoms with van der Waals surface area (Å²) in [4.78, 5) is 33.3. The maximum Gasteiger partial charge on any atom is 0.226 e. The Hall–Kier alpha value is -1.67. The summed E-state index contributed by atoms with van der Waals surface area (Å²) in [6.45, 7) is 1.46. The number of carboxylic acid groups (broad SMARTS) is 1. The molecular weight excluding hydrogens is 264 g/mol. The number of amides is 2. The zero-order valence-corrected chi connectivity index (χ0v) is 11.8. The van der Waals surface area contributed by atoms with Gasteiger partial charge >= 0.3 is 0 Å². The lowest BCUT2D eigenvalue weighted by Gasteiger charge is -2.19. The second-order valence-electron chi connectivity index (χ2n) is 4.49. The van der Waals surface area contributed by atoms with Gasteiger partial charge in [0.15, 0.2) is 0 Å². The molecule has 0 fully saturated rings. The Bertz CT molecular complexity index is 323. The van der Waals surface area contributed by atoms with Gasteiger partial charge in [-0.25, -0.2) is 0 Å². The van der Waals surface area contributed by atoms with E-state index in [0.717, 1.165) is 0 Å². The highest BCUT2D eigenvalue weighted by Gasteiger charge is 2.13. The standard InChI is InChI=1S/C12H24N4O4/c13-6-4-10(17)15-8-2-1-3-9(12(19)20)16-11(18)5-7-14/h9H,1-8,13-14H2,(H,15,17)(H,16,18)(H,19,20)/p+1/t9-/m0/s1. The first-order valence-corrected chi connectivity index (χ1v) is 6.86. The quantitative estimate of drug-likeness (QED) is 0.284. The molecule has 0 rings (SSSR count). The van der Waals surface area contributed by atoms with Crippen molar-refractivity contribution in [2.75, 3.05) is 19.6 Å². The number of unbranched alkanes of at least 4 members (excludes halogenated alkanes) is 1. The largest absolute Gasteiger partial charge is 0.548 e. The van der Waals surface area contributed by atoms with E-state index >= 15 is 0 Å². The van der Waals surface area contributed by atoms with Crippen molar-refractivity contribution in [1.82, 2.24) is 10.6 Å². The molecule has 0 saturated heterocycles. The molecule has 0 saturated carbocycles. The van der Waals surface area contributed by atoms with Gasteiger partial charge in [0.25, 0.3) is 0 Å². The molecule has 0 radical (unpaired) electrons. The van der Waals surface area contributed by atoms with Crippen LogP contribution in [0.2, 0.25) is 0 Å². The van der Waals surface area contributed by atoms with Gasteiger partial charge in [0.2, 0.25) is 11.8 Å². The molecule has 0 aliphatic rings. The average molecular weight is 289 g/mol. The second kappa shape index (κ2) is 11.2. The third kappa shape index (κ3) is 9.29. The van der Waals surface area contributed by atoms with Gasteiger partial charge in [-0.05, 0) is 19.3 Å². The number of rotatable bonds is 11. The highest BCUT2D eigenvalue weighted by Crippen LogP contribution is 2.00. The van der Waals surface area contributed by atoms with Crippen LogP contribution in [0, 0.1) is 0 Å². The smallest absolute Gasteiger partial charge is 0.226 e. The Labute approximate surface area is 118 Å². The van der Waals surface area contributed by atoms with E-state index in [9.17, 15) is 19.5 Å². The van der Waals surface area contributed by atoms with E-state index in [-0.39, 0.29) is 24.7 Å². The first-order chi connectivity index (χ1) is 9.51. The van der Waals surface area contributed by atoms with Gasteiger partial charge in [0.05, 0.1) is 37.9 Å². The summed E-state index contributed by atoms with van der Waals surface area (Å²) < 4.78 is 0. The minimum atomic E-state index is -1.29. The van der Waals surface area contributed by atoms with Crippen LogP contribution in [0.4, 0.5) is 0 Å². The van der Waals surface area contributed by atoms with Crippen molar-refractivity contribution in [3.63, 3.8) is 0 Å². The molecule has 20 heavy (non-hydrogen) atoms. The van der Waals surface area contributed by atoms with Crippen molar-refractivity contribution in [1.29, 1.82) is 0 Å². The maximum absolute atomic E-state index is 11.3. The third-order valence-corrected chi connectivity index (χ3v) is 2.67. The first-order valence-electron chi connectivity index (χ1n) is 6.86. The number of hydrogen-bond donors (Lipinski definition) is 4. The topological polar surface area (TPSA) is 154 Å². The van der Waals surface area contributed by atoms with Crippen molar-refractivity contribution in [2.24, 2.45) is 0 Å². The van der Waals surface area contributed by atoms with E-state index in [2.05, 4.69) is 22.1 Å². The van der Waals surface area contributed by atoms with Gasteiger partial charge < -0.3 is 32.0 Å². The molecule has 2 amide bonds. The van der Waals surface area contributed by atoms with Crippen molar-refractivity contribution in [2.45, 2.75) is 38.1 Å². The third-order valence-electron chi connectivity index (χ3n) is 2.67. The first kappa shape index (κ1) is 18.3. The fourth-order valence-electron chi connectivity index (χ4n) is 1.63. The molecule has 0 bridgehead atoms. The summed E-state index contributed by atoms with van der Waals surface area (Å²) in [6, 6.07) is -0.982. The predicted octanol–water partition coefficient (Wildman–Crippen LogP) is -4.23. The summed E-state index contributed by atoms with van der Waals surface area (Å²) in [7, 11) is 0. The summed E-state index contributed by atoms with van der Waals surface area (Å²) >= 11 is 0. The number of carbonyl (C=O) groups is 3. The summed E-state index contributed by atoms with van der Waals surface area (Å²) in [6.07, 6.45) is 2.11. The van der Waals surface area contributed by atoms with E-state index in [0.29, 0.717) is 38.9 Å². The number of nitrogens with one attached hydrogen (secondary N) is 2. The van der Waals surface area contributed by atoms with Gasteiger partial charge in [-0.2, -0.15) is 0 Å². The van der Waals surface area contributed by atoms with Crippen LogP contribution in [0.25, 0.3) is 0 Å². The number of aliphatic carboxylic acids is 1. The SMILES string of the molecule is [NH3+]CCC(=O)NCCCC[C@H](NC(=O)CC[NH3+])C(=O)[O-]. The minimum Gasteiger partial charge on any atom is -0.548 e. The van der Waals surface area contributed by atoms with Crippen LogP contribution in [0.1, 0.15) is 32.1 Å². The molecule has 1 atom stereocenters. The Morgan fingerprint density at radius 2 is 1.60 bits per heavy atom. The molecule has 8 nitrogen and oxygen atoms in total. The Morgan fingerprint density at radius 1 is 1.00 bits per heavy atom.